The number of rotatable bonds is 4. The summed E-state index contributed by atoms with van der Waals surface area (Å²) >= 11 is 7.37. The molecule has 2 aromatic rings. The highest BCUT2D eigenvalue weighted by Crippen LogP contribution is 2.27. The van der Waals surface area contributed by atoms with Gasteiger partial charge < -0.3 is 0 Å². The van der Waals surface area contributed by atoms with Gasteiger partial charge in [0.25, 0.3) is 0 Å². The molecule has 0 N–H and O–H groups in total. The molecule has 0 saturated carbocycles. The molecular formula is C14H10ClFOS. The van der Waals surface area contributed by atoms with Gasteiger partial charge in [-0.3, -0.25) is 4.79 Å². The highest BCUT2D eigenvalue weighted by atomic mass is 35.5. The van der Waals surface area contributed by atoms with Gasteiger partial charge in [0.2, 0.25) is 0 Å². The van der Waals surface area contributed by atoms with Gasteiger partial charge in [0.15, 0.2) is 5.78 Å². The predicted molar refractivity (Wildman–Crippen MR) is 72.9 cm³/mol. The second kappa shape index (κ2) is 6.03. The van der Waals surface area contributed by atoms with E-state index in [2.05, 4.69) is 0 Å². The van der Waals surface area contributed by atoms with E-state index >= 15 is 0 Å². The van der Waals surface area contributed by atoms with Gasteiger partial charge in [-0.15, -0.1) is 11.8 Å². The van der Waals surface area contributed by atoms with E-state index in [1.807, 2.05) is 18.2 Å². The number of hydrogen-bond donors (Lipinski definition) is 0. The van der Waals surface area contributed by atoms with Crippen molar-refractivity contribution in [3.05, 3.63) is 64.9 Å². The smallest absolute Gasteiger partial charge is 0.173 e. The van der Waals surface area contributed by atoms with Gasteiger partial charge in [0, 0.05) is 10.5 Å². The summed E-state index contributed by atoms with van der Waals surface area (Å²) < 4.78 is 12.7. The summed E-state index contributed by atoms with van der Waals surface area (Å²) in [5.74, 6) is -0.0970. The lowest BCUT2D eigenvalue weighted by molar-refractivity contribution is 0.102. The minimum atomic E-state index is -0.342. The second-order valence-corrected chi connectivity index (χ2v) is 5.07. The van der Waals surface area contributed by atoms with Crippen LogP contribution in [0.2, 0.25) is 5.02 Å². The van der Waals surface area contributed by atoms with Crippen molar-refractivity contribution in [3.8, 4) is 0 Å². The van der Waals surface area contributed by atoms with Crippen molar-refractivity contribution >= 4 is 29.1 Å². The molecule has 0 fully saturated rings. The Hall–Kier alpha value is -1.32. The largest absolute Gasteiger partial charge is 0.293 e. The maximum Gasteiger partial charge on any atom is 0.173 e. The van der Waals surface area contributed by atoms with Crippen molar-refractivity contribution in [2.24, 2.45) is 0 Å². The summed E-state index contributed by atoms with van der Waals surface area (Å²) in [6.07, 6.45) is 0. The fourth-order valence-electron chi connectivity index (χ4n) is 1.42. The van der Waals surface area contributed by atoms with E-state index < -0.39 is 0 Å². The Labute approximate surface area is 114 Å². The van der Waals surface area contributed by atoms with Crippen LogP contribution >= 0.6 is 23.4 Å². The maximum absolute atomic E-state index is 12.7. The summed E-state index contributed by atoms with van der Waals surface area (Å²) in [6, 6.07) is 12.9. The topological polar surface area (TPSA) is 17.1 Å². The van der Waals surface area contributed by atoms with Gasteiger partial charge in [-0.1, -0.05) is 23.7 Å². The third kappa shape index (κ3) is 3.34. The Balaban J connectivity index is 2.01. The molecule has 0 aliphatic rings. The standard InChI is InChI=1S/C14H10ClFOS/c15-12-3-1-2-4-14(12)18-9-13(17)10-5-7-11(16)8-6-10/h1-8H,9H2. The van der Waals surface area contributed by atoms with Crippen LogP contribution in [-0.2, 0) is 0 Å². The summed E-state index contributed by atoms with van der Waals surface area (Å²) in [5, 5.41) is 0.634. The zero-order valence-electron chi connectivity index (χ0n) is 9.40. The molecule has 0 aliphatic heterocycles. The molecule has 92 valence electrons. The highest BCUT2D eigenvalue weighted by molar-refractivity contribution is 8.00. The molecule has 1 nitrogen and oxygen atoms in total. The average Bonchev–Trinajstić information content (AvgIpc) is 2.38. The normalized spacial score (nSPS) is 10.3. The number of carbonyl (C=O) groups excluding carboxylic acids is 1. The summed E-state index contributed by atoms with van der Waals surface area (Å²) in [7, 11) is 0. The fraction of sp³-hybridized carbons (Fsp3) is 0.0714. The van der Waals surface area contributed by atoms with Crippen LogP contribution in [0.15, 0.2) is 53.4 Å². The Morgan fingerprint density at radius 1 is 1.11 bits per heavy atom. The first kappa shape index (κ1) is 13.1. The minimum Gasteiger partial charge on any atom is -0.293 e. The molecule has 18 heavy (non-hydrogen) atoms. The lowest BCUT2D eigenvalue weighted by Gasteiger charge is -2.03. The van der Waals surface area contributed by atoms with Crippen molar-refractivity contribution in [1.82, 2.24) is 0 Å². The number of ketones is 1. The van der Waals surface area contributed by atoms with Gasteiger partial charge in [-0.2, -0.15) is 0 Å². The molecule has 0 amide bonds. The molecule has 0 spiro atoms. The van der Waals surface area contributed by atoms with Gasteiger partial charge >= 0.3 is 0 Å². The van der Waals surface area contributed by atoms with Crippen molar-refractivity contribution < 1.29 is 9.18 Å². The van der Waals surface area contributed by atoms with E-state index in [1.165, 1.54) is 36.0 Å². The molecule has 0 radical (unpaired) electrons. The molecule has 0 aromatic heterocycles. The molecule has 0 aliphatic carbocycles. The first-order valence-corrected chi connectivity index (χ1v) is 6.69. The zero-order chi connectivity index (χ0) is 13.0. The SMILES string of the molecule is O=C(CSc1ccccc1Cl)c1ccc(F)cc1. The van der Waals surface area contributed by atoms with Crippen LogP contribution in [0.3, 0.4) is 0 Å². The molecular weight excluding hydrogens is 271 g/mol. The van der Waals surface area contributed by atoms with Crippen molar-refractivity contribution in [3.63, 3.8) is 0 Å². The lowest BCUT2D eigenvalue weighted by atomic mass is 10.1. The number of carbonyl (C=O) groups is 1. The van der Waals surface area contributed by atoms with E-state index in [4.69, 9.17) is 11.6 Å². The van der Waals surface area contributed by atoms with E-state index in [0.717, 1.165) is 4.90 Å². The van der Waals surface area contributed by atoms with E-state index in [1.54, 1.807) is 6.07 Å². The van der Waals surface area contributed by atoms with E-state index in [0.29, 0.717) is 10.6 Å². The Morgan fingerprint density at radius 2 is 1.78 bits per heavy atom. The van der Waals surface area contributed by atoms with Crippen LogP contribution < -0.4 is 0 Å². The van der Waals surface area contributed by atoms with Crippen LogP contribution in [0.1, 0.15) is 10.4 Å². The third-order valence-corrected chi connectivity index (χ3v) is 3.88. The highest BCUT2D eigenvalue weighted by Gasteiger charge is 2.08. The van der Waals surface area contributed by atoms with Crippen LogP contribution in [0.25, 0.3) is 0 Å². The first-order valence-electron chi connectivity index (χ1n) is 5.33. The number of hydrogen-bond acceptors (Lipinski definition) is 2. The van der Waals surface area contributed by atoms with Crippen LogP contribution in [0, 0.1) is 5.82 Å². The quantitative estimate of drug-likeness (QED) is 0.608. The van der Waals surface area contributed by atoms with Gasteiger partial charge in [0.05, 0.1) is 10.8 Å². The number of halogens is 2. The van der Waals surface area contributed by atoms with Crippen molar-refractivity contribution in [2.75, 3.05) is 5.75 Å². The minimum absolute atomic E-state index is 0.0417. The monoisotopic (exact) mass is 280 g/mol. The van der Waals surface area contributed by atoms with Crippen LogP contribution in [0.4, 0.5) is 4.39 Å². The molecule has 0 heterocycles. The van der Waals surface area contributed by atoms with Gasteiger partial charge in [-0.05, 0) is 36.4 Å². The Kier molecular flexibility index (Phi) is 4.39. The average molecular weight is 281 g/mol. The molecule has 2 aromatic carbocycles. The first-order chi connectivity index (χ1) is 8.66. The summed E-state index contributed by atoms with van der Waals surface area (Å²) in [6.45, 7) is 0. The molecule has 0 bridgehead atoms. The Morgan fingerprint density at radius 3 is 2.44 bits per heavy atom. The van der Waals surface area contributed by atoms with Crippen molar-refractivity contribution in [1.29, 1.82) is 0 Å². The Bertz CT molecular complexity index is 554. The molecule has 0 atom stereocenters. The van der Waals surface area contributed by atoms with E-state index in [9.17, 15) is 9.18 Å². The summed E-state index contributed by atoms with van der Waals surface area (Å²) in [5.41, 5.74) is 0.510. The van der Waals surface area contributed by atoms with Crippen LogP contribution in [0.5, 0.6) is 0 Å². The molecule has 0 saturated heterocycles. The maximum atomic E-state index is 12.7. The number of benzene rings is 2. The summed E-state index contributed by atoms with van der Waals surface area (Å²) in [4.78, 5) is 12.7. The lowest BCUT2D eigenvalue weighted by Crippen LogP contribution is -2.02. The zero-order valence-corrected chi connectivity index (χ0v) is 11.0. The van der Waals surface area contributed by atoms with Gasteiger partial charge in [-0.25, -0.2) is 4.39 Å². The van der Waals surface area contributed by atoms with Crippen molar-refractivity contribution in [2.45, 2.75) is 4.90 Å². The van der Waals surface area contributed by atoms with E-state index in [-0.39, 0.29) is 17.4 Å². The molecule has 4 heteroatoms. The third-order valence-electron chi connectivity index (χ3n) is 2.36. The molecule has 0 unspecified atom stereocenters. The second-order valence-electron chi connectivity index (χ2n) is 3.65. The van der Waals surface area contributed by atoms with Gasteiger partial charge in [0.1, 0.15) is 5.82 Å². The van der Waals surface area contributed by atoms with Crippen LogP contribution in [-0.4, -0.2) is 11.5 Å². The fourth-order valence-corrected chi connectivity index (χ4v) is 2.56. The predicted octanol–water partition coefficient (Wildman–Crippen LogP) is 4.45. The number of thioether (sulfide) groups is 1. The molecule has 2 rings (SSSR count). The number of Topliss-reactive ketones (excluding diaryl/α,β-unsaturated/α-hetero) is 1.